The van der Waals surface area contributed by atoms with E-state index in [4.69, 9.17) is 0 Å². The van der Waals surface area contributed by atoms with Gasteiger partial charge in [-0.15, -0.1) is 0 Å². The first-order valence-electron chi connectivity index (χ1n) is 7.29. The van der Waals surface area contributed by atoms with E-state index >= 15 is 0 Å². The van der Waals surface area contributed by atoms with E-state index in [9.17, 15) is 8.42 Å². The predicted octanol–water partition coefficient (Wildman–Crippen LogP) is 2.09. The number of nitrogens with one attached hydrogen (secondary N) is 1. The Labute approximate surface area is 122 Å². The Morgan fingerprint density at radius 2 is 2.00 bits per heavy atom. The molecule has 1 fully saturated rings. The first kappa shape index (κ1) is 15.5. The van der Waals surface area contributed by atoms with Crippen LogP contribution in [0.2, 0.25) is 0 Å². The molecular formula is C15H24N2O2S. The maximum atomic E-state index is 12.8. The highest BCUT2D eigenvalue weighted by atomic mass is 32.2. The Balaban J connectivity index is 2.30. The lowest BCUT2D eigenvalue weighted by Gasteiger charge is -2.30. The fourth-order valence-corrected chi connectivity index (χ4v) is 4.40. The minimum absolute atomic E-state index is 0.0442. The first-order valence-corrected chi connectivity index (χ1v) is 8.73. The summed E-state index contributed by atoms with van der Waals surface area (Å²) >= 11 is 0. The summed E-state index contributed by atoms with van der Waals surface area (Å²) in [6.07, 6.45) is 1.75. The summed E-state index contributed by atoms with van der Waals surface area (Å²) in [5.41, 5.74) is 0. The molecule has 1 aromatic carbocycles. The van der Waals surface area contributed by atoms with Crippen LogP contribution in [-0.4, -0.2) is 38.4 Å². The van der Waals surface area contributed by atoms with Crippen molar-refractivity contribution in [3.05, 3.63) is 30.3 Å². The third-order valence-electron chi connectivity index (χ3n) is 3.61. The zero-order chi connectivity index (χ0) is 14.6. The van der Waals surface area contributed by atoms with E-state index < -0.39 is 10.0 Å². The molecule has 20 heavy (non-hydrogen) atoms. The molecule has 112 valence electrons. The Kier molecular flexibility index (Phi) is 5.18. The molecule has 1 atom stereocenters. The Morgan fingerprint density at radius 3 is 2.65 bits per heavy atom. The zero-order valence-electron chi connectivity index (χ0n) is 12.2. The molecule has 0 saturated carbocycles. The van der Waals surface area contributed by atoms with Gasteiger partial charge in [-0.1, -0.05) is 32.0 Å². The van der Waals surface area contributed by atoms with E-state index in [0.29, 0.717) is 17.4 Å². The van der Waals surface area contributed by atoms with Gasteiger partial charge in [-0.2, -0.15) is 4.31 Å². The van der Waals surface area contributed by atoms with Crippen molar-refractivity contribution in [2.75, 3.05) is 19.6 Å². The van der Waals surface area contributed by atoms with Crippen LogP contribution >= 0.6 is 0 Å². The SMILES string of the molecule is CC(C)CC1CNCCCN1S(=O)(=O)c1ccccc1. The predicted molar refractivity (Wildman–Crippen MR) is 81.1 cm³/mol. The summed E-state index contributed by atoms with van der Waals surface area (Å²) in [6, 6.07) is 8.80. The maximum absolute atomic E-state index is 12.8. The molecule has 1 aliphatic heterocycles. The average molecular weight is 296 g/mol. The second-order valence-corrected chi connectivity index (χ2v) is 7.66. The molecule has 1 saturated heterocycles. The summed E-state index contributed by atoms with van der Waals surface area (Å²) in [7, 11) is -3.39. The second-order valence-electron chi connectivity index (χ2n) is 5.77. The van der Waals surface area contributed by atoms with E-state index in [2.05, 4.69) is 19.2 Å². The summed E-state index contributed by atoms with van der Waals surface area (Å²) < 4.78 is 27.4. The molecule has 0 bridgehead atoms. The first-order chi connectivity index (χ1) is 9.51. The number of hydrogen-bond donors (Lipinski definition) is 1. The smallest absolute Gasteiger partial charge is 0.243 e. The van der Waals surface area contributed by atoms with E-state index in [1.807, 2.05) is 6.07 Å². The van der Waals surface area contributed by atoms with Gasteiger partial charge in [-0.3, -0.25) is 0 Å². The molecule has 1 heterocycles. The van der Waals surface area contributed by atoms with Crippen molar-refractivity contribution in [1.82, 2.24) is 9.62 Å². The molecule has 5 heteroatoms. The van der Waals surface area contributed by atoms with Gasteiger partial charge in [0.2, 0.25) is 10.0 Å². The number of nitrogens with zero attached hydrogens (tertiary/aromatic N) is 1. The van der Waals surface area contributed by atoms with Gasteiger partial charge >= 0.3 is 0 Å². The molecule has 1 aromatic rings. The zero-order valence-corrected chi connectivity index (χ0v) is 13.1. The van der Waals surface area contributed by atoms with Crippen LogP contribution in [0.4, 0.5) is 0 Å². The van der Waals surface area contributed by atoms with Gasteiger partial charge in [0.05, 0.1) is 4.90 Å². The van der Waals surface area contributed by atoms with Crippen LogP contribution < -0.4 is 5.32 Å². The molecule has 0 radical (unpaired) electrons. The molecule has 0 amide bonds. The number of hydrogen-bond acceptors (Lipinski definition) is 3. The lowest BCUT2D eigenvalue weighted by molar-refractivity contribution is 0.293. The monoisotopic (exact) mass is 296 g/mol. The van der Waals surface area contributed by atoms with Crippen molar-refractivity contribution in [1.29, 1.82) is 0 Å². The average Bonchev–Trinajstić information content (AvgIpc) is 2.65. The van der Waals surface area contributed by atoms with Crippen LogP contribution in [0.5, 0.6) is 0 Å². The highest BCUT2D eigenvalue weighted by Gasteiger charge is 2.32. The Morgan fingerprint density at radius 1 is 1.30 bits per heavy atom. The lowest BCUT2D eigenvalue weighted by atomic mass is 10.0. The van der Waals surface area contributed by atoms with Gasteiger partial charge in [0.15, 0.2) is 0 Å². The second kappa shape index (κ2) is 6.70. The van der Waals surface area contributed by atoms with Crippen molar-refractivity contribution >= 4 is 10.0 Å². The van der Waals surface area contributed by atoms with Crippen molar-refractivity contribution in [2.24, 2.45) is 5.92 Å². The summed E-state index contributed by atoms with van der Waals surface area (Å²) in [6.45, 7) is 6.50. The minimum atomic E-state index is -3.39. The third kappa shape index (κ3) is 3.59. The van der Waals surface area contributed by atoms with Crippen LogP contribution in [0.25, 0.3) is 0 Å². The van der Waals surface area contributed by atoms with E-state index in [-0.39, 0.29) is 6.04 Å². The quantitative estimate of drug-likeness (QED) is 0.925. The number of rotatable bonds is 4. The molecule has 1 N–H and O–H groups in total. The van der Waals surface area contributed by atoms with E-state index in [1.54, 1.807) is 28.6 Å². The van der Waals surface area contributed by atoms with Gasteiger partial charge < -0.3 is 5.32 Å². The maximum Gasteiger partial charge on any atom is 0.243 e. The standard InChI is InChI=1S/C15H24N2O2S/c1-13(2)11-14-12-16-9-6-10-17(14)20(18,19)15-7-4-3-5-8-15/h3-5,7-8,13-14,16H,6,9-12H2,1-2H3. The number of sulfonamides is 1. The highest BCUT2D eigenvalue weighted by molar-refractivity contribution is 7.89. The van der Waals surface area contributed by atoms with Crippen molar-refractivity contribution in [2.45, 2.75) is 37.6 Å². The van der Waals surface area contributed by atoms with Gasteiger partial charge in [0, 0.05) is 19.1 Å². The van der Waals surface area contributed by atoms with Gasteiger partial charge in [0.1, 0.15) is 0 Å². The van der Waals surface area contributed by atoms with E-state index in [1.165, 1.54) is 0 Å². The molecule has 0 aromatic heterocycles. The molecular weight excluding hydrogens is 272 g/mol. The van der Waals surface area contributed by atoms with Crippen molar-refractivity contribution in [3.63, 3.8) is 0 Å². The molecule has 0 spiro atoms. The normalized spacial score (nSPS) is 21.9. The van der Waals surface area contributed by atoms with Crippen LogP contribution in [0.15, 0.2) is 35.2 Å². The molecule has 1 aliphatic rings. The van der Waals surface area contributed by atoms with Crippen LogP contribution in [0, 0.1) is 5.92 Å². The van der Waals surface area contributed by atoms with Gasteiger partial charge in [-0.05, 0) is 37.4 Å². The molecule has 2 rings (SSSR count). The molecule has 4 nitrogen and oxygen atoms in total. The Bertz CT molecular complexity index is 514. The van der Waals surface area contributed by atoms with E-state index in [0.717, 1.165) is 25.9 Å². The fourth-order valence-electron chi connectivity index (χ4n) is 2.70. The lowest BCUT2D eigenvalue weighted by Crippen LogP contribution is -2.44. The largest absolute Gasteiger partial charge is 0.315 e. The summed E-state index contributed by atoms with van der Waals surface area (Å²) in [5, 5.41) is 3.35. The van der Waals surface area contributed by atoms with Gasteiger partial charge in [-0.25, -0.2) is 8.42 Å². The van der Waals surface area contributed by atoms with Gasteiger partial charge in [0.25, 0.3) is 0 Å². The van der Waals surface area contributed by atoms with Crippen molar-refractivity contribution in [3.8, 4) is 0 Å². The number of benzene rings is 1. The highest BCUT2D eigenvalue weighted by Crippen LogP contribution is 2.22. The third-order valence-corrected chi connectivity index (χ3v) is 5.58. The van der Waals surface area contributed by atoms with Crippen LogP contribution in [0.1, 0.15) is 26.7 Å². The van der Waals surface area contributed by atoms with Crippen LogP contribution in [-0.2, 0) is 10.0 Å². The summed E-state index contributed by atoms with van der Waals surface area (Å²) in [5.74, 6) is 0.480. The van der Waals surface area contributed by atoms with Crippen LogP contribution in [0.3, 0.4) is 0 Å². The minimum Gasteiger partial charge on any atom is -0.315 e. The molecule has 1 unspecified atom stereocenters. The Hall–Kier alpha value is -0.910. The molecule has 0 aliphatic carbocycles. The fraction of sp³-hybridized carbons (Fsp3) is 0.600. The summed E-state index contributed by atoms with van der Waals surface area (Å²) in [4.78, 5) is 0.399. The van der Waals surface area contributed by atoms with Crippen molar-refractivity contribution < 1.29 is 8.42 Å². The topological polar surface area (TPSA) is 49.4 Å².